The Morgan fingerprint density at radius 2 is 1.84 bits per heavy atom. The van der Waals surface area contributed by atoms with Gasteiger partial charge >= 0.3 is 0 Å². The number of hydrogen-bond acceptors (Lipinski definition) is 3. The summed E-state index contributed by atoms with van der Waals surface area (Å²) in [7, 11) is 0. The molecule has 2 saturated carbocycles. The molecule has 5 nitrogen and oxygen atoms in total. The number of H-pyrrole nitrogens is 1. The lowest BCUT2D eigenvalue weighted by molar-refractivity contribution is -0.0648. The lowest BCUT2D eigenvalue weighted by Gasteiger charge is -2.40. The molecule has 2 aromatic heterocycles. The number of aromatic nitrogens is 2. The molecule has 0 saturated heterocycles. The Bertz CT molecular complexity index is 1050. The molecule has 2 aliphatic rings. The van der Waals surface area contributed by atoms with E-state index < -0.39 is 35.5 Å². The van der Waals surface area contributed by atoms with Crippen molar-refractivity contribution in [1.82, 2.24) is 9.97 Å². The molecule has 2 aliphatic carbocycles. The van der Waals surface area contributed by atoms with Crippen LogP contribution in [0.2, 0.25) is 0 Å². The van der Waals surface area contributed by atoms with Crippen molar-refractivity contribution >= 4 is 16.8 Å². The Balaban J connectivity index is 1.74. The molecular weight excluding hydrogens is 414 g/mol. The van der Waals surface area contributed by atoms with Crippen LogP contribution in [-0.4, -0.2) is 27.7 Å². The van der Waals surface area contributed by atoms with E-state index in [1.54, 1.807) is 0 Å². The van der Waals surface area contributed by atoms with Gasteiger partial charge in [0.1, 0.15) is 5.69 Å². The Labute approximate surface area is 176 Å². The van der Waals surface area contributed by atoms with E-state index in [-0.39, 0.29) is 55.0 Å². The van der Waals surface area contributed by atoms with Crippen LogP contribution < -0.4 is 11.2 Å². The van der Waals surface area contributed by atoms with Gasteiger partial charge in [-0.3, -0.25) is 14.6 Å². The summed E-state index contributed by atoms with van der Waals surface area (Å²) >= 11 is 0. The van der Waals surface area contributed by atoms with Crippen LogP contribution in [-0.2, 0) is 0 Å². The largest absolute Gasteiger partial charge is 0.364 e. The van der Waals surface area contributed by atoms with Gasteiger partial charge in [-0.25, -0.2) is 17.6 Å². The van der Waals surface area contributed by atoms with Crippen LogP contribution in [0.15, 0.2) is 23.1 Å². The molecule has 9 heteroatoms. The van der Waals surface area contributed by atoms with Gasteiger partial charge in [-0.2, -0.15) is 0 Å². The van der Waals surface area contributed by atoms with E-state index in [9.17, 15) is 27.2 Å². The fourth-order valence-corrected chi connectivity index (χ4v) is 5.38. The molecular formula is C22H25F4N3O2. The number of nitrogens with one attached hydrogen (secondary N) is 1. The number of amides is 1. The highest BCUT2D eigenvalue weighted by Crippen LogP contribution is 2.51. The third kappa shape index (κ3) is 4.45. The maximum absolute atomic E-state index is 14.4. The molecule has 1 amide bonds. The van der Waals surface area contributed by atoms with Crippen molar-refractivity contribution in [2.75, 3.05) is 0 Å². The Morgan fingerprint density at radius 3 is 2.58 bits per heavy atom. The molecule has 2 fully saturated rings. The molecule has 2 aromatic rings. The van der Waals surface area contributed by atoms with E-state index in [1.165, 1.54) is 18.3 Å². The topological polar surface area (TPSA) is 88.8 Å². The van der Waals surface area contributed by atoms with Gasteiger partial charge in [0.15, 0.2) is 5.43 Å². The maximum Gasteiger partial charge on any atom is 0.268 e. The Hall–Kier alpha value is -2.45. The van der Waals surface area contributed by atoms with Crippen molar-refractivity contribution < 1.29 is 22.4 Å². The number of fused-ring (bicyclic) bond motifs is 1. The molecule has 2 heterocycles. The van der Waals surface area contributed by atoms with E-state index in [2.05, 4.69) is 9.97 Å². The first-order valence-corrected chi connectivity index (χ1v) is 10.6. The van der Waals surface area contributed by atoms with Crippen LogP contribution in [0.25, 0.3) is 10.9 Å². The van der Waals surface area contributed by atoms with Gasteiger partial charge in [0.05, 0.1) is 10.9 Å². The number of pyridine rings is 2. The monoisotopic (exact) mass is 439 g/mol. The van der Waals surface area contributed by atoms with Crippen LogP contribution in [0.1, 0.15) is 73.5 Å². The van der Waals surface area contributed by atoms with Crippen molar-refractivity contribution in [2.24, 2.45) is 17.6 Å². The van der Waals surface area contributed by atoms with E-state index in [0.717, 1.165) is 0 Å². The second-order valence-electron chi connectivity index (χ2n) is 8.95. The molecule has 3 atom stereocenters. The molecule has 0 spiro atoms. The molecule has 0 aliphatic heterocycles. The number of nitrogens with two attached hydrogens (primary N) is 1. The summed E-state index contributed by atoms with van der Waals surface area (Å²) in [5.74, 6) is -7.45. The molecule has 2 unspecified atom stereocenters. The SMILES string of the molecule is NC(=O)c1nccc2[nH]c([C@@H]3CC(F)(F)CCC3C3CCCC(F)(F)CC3)cc(=O)c12. The second kappa shape index (κ2) is 7.91. The summed E-state index contributed by atoms with van der Waals surface area (Å²) in [4.78, 5) is 31.3. The fourth-order valence-electron chi connectivity index (χ4n) is 5.38. The summed E-state index contributed by atoms with van der Waals surface area (Å²) < 4.78 is 56.5. The highest BCUT2D eigenvalue weighted by atomic mass is 19.3. The normalized spacial score (nSPS) is 28.2. The number of primary amides is 1. The number of hydrogen-bond donors (Lipinski definition) is 2. The standard InChI is InChI=1S/C22H25F4N3O2/c23-21(24)6-1-2-12(3-7-21)13-4-8-22(25,26)11-14(13)16-10-17(30)18-15(29-16)5-9-28-19(18)20(27)31/h5,9-10,12-14H,1-4,6-8,11H2,(H2,27,31)(H,29,30)/t12?,13?,14-/m1/s1. The fraction of sp³-hybridized carbons (Fsp3) is 0.591. The smallest absolute Gasteiger partial charge is 0.268 e. The molecule has 4 rings (SSSR count). The lowest BCUT2D eigenvalue weighted by atomic mass is 9.67. The number of carbonyl (C=O) groups excluding carboxylic acids is 1. The number of alkyl halides is 4. The molecule has 31 heavy (non-hydrogen) atoms. The van der Waals surface area contributed by atoms with Crippen molar-refractivity contribution in [1.29, 1.82) is 0 Å². The predicted octanol–water partition coefficient (Wildman–Crippen LogP) is 4.76. The minimum absolute atomic E-state index is 0.0204. The van der Waals surface area contributed by atoms with E-state index in [1.807, 2.05) is 0 Å². The molecule has 0 bridgehead atoms. The summed E-state index contributed by atoms with van der Waals surface area (Å²) in [6.45, 7) is 0. The van der Waals surface area contributed by atoms with Gasteiger partial charge in [-0.1, -0.05) is 0 Å². The van der Waals surface area contributed by atoms with Gasteiger partial charge in [0, 0.05) is 49.6 Å². The zero-order chi connectivity index (χ0) is 22.4. The summed E-state index contributed by atoms with van der Waals surface area (Å²) in [6, 6.07) is 2.73. The molecule has 0 radical (unpaired) electrons. The minimum Gasteiger partial charge on any atom is -0.364 e. The van der Waals surface area contributed by atoms with Crippen LogP contribution >= 0.6 is 0 Å². The second-order valence-corrected chi connectivity index (χ2v) is 8.95. The highest BCUT2D eigenvalue weighted by Gasteiger charge is 2.46. The maximum atomic E-state index is 14.4. The van der Waals surface area contributed by atoms with Gasteiger partial charge in [0.2, 0.25) is 11.8 Å². The van der Waals surface area contributed by atoms with Crippen molar-refractivity contribution in [3.05, 3.63) is 39.9 Å². The molecule has 3 N–H and O–H groups in total. The van der Waals surface area contributed by atoms with Crippen molar-refractivity contribution in [2.45, 2.75) is 69.1 Å². The van der Waals surface area contributed by atoms with Crippen molar-refractivity contribution in [3.8, 4) is 0 Å². The number of halogens is 4. The summed E-state index contributed by atoms with van der Waals surface area (Å²) in [6.07, 6.45) is 1.61. The lowest BCUT2D eigenvalue weighted by Crippen LogP contribution is -2.36. The first-order valence-electron chi connectivity index (χ1n) is 10.6. The van der Waals surface area contributed by atoms with Gasteiger partial charge in [0.25, 0.3) is 5.91 Å². The van der Waals surface area contributed by atoms with Crippen LogP contribution in [0, 0.1) is 11.8 Å². The third-order valence-electron chi connectivity index (χ3n) is 6.88. The highest BCUT2D eigenvalue weighted by molar-refractivity contribution is 6.03. The van der Waals surface area contributed by atoms with E-state index >= 15 is 0 Å². The van der Waals surface area contributed by atoms with Gasteiger partial charge < -0.3 is 10.7 Å². The Kier molecular flexibility index (Phi) is 5.55. The van der Waals surface area contributed by atoms with E-state index in [4.69, 9.17) is 5.73 Å². The average Bonchev–Trinajstić information content (AvgIpc) is 2.87. The van der Waals surface area contributed by atoms with Crippen LogP contribution in [0.4, 0.5) is 17.6 Å². The van der Waals surface area contributed by atoms with Gasteiger partial charge in [-0.05, 0) is 43.6 Å². The predicted molar refractivity (Wildman–Crippen MR) is 107 cm³/mol. The minimum atomic E-state index is -2.89. The zero-order valence-electron chi connectivity index (χ0n) is 17.0. The van der Waals surface area contributed by atoms with Crippen molar-refractivity contribution in [3.63, 3.8) is 0 Å². The Morgan fingerprint density at radius 1 is 1.10 bits per heavy atom. The quantitative estimate of drug-likeness (QED) is 0.534. The van der Waals surface area contributed by atoms with E-state index in [0.29, 0.717) is 24.1 Å². The number of aromatic amines is 1. The molecule has 0 aromatic carbocycles. The van der Waals surface area contributed by atoms with Crippen LogP contribution in [0.5, 0.6) is 0 Å². The van der Waals surface area contributed by atoms with Crippen LogP contribution in [0.3, 0.4) is 0 Å². The average molecular weight is 439 g/mol. The first-order chi connectivity index (χ1) is 14.6. The molecule has 168 valence electrons. The number of nitrogens with zero attached hydrogens (tertiary/aromatic N) is 1. The third-order valence-corrected chi connectivity index (χ3v) is 6.88. The zero-order valence-corrected chi connectivity index (χ0v) is 17.0. The van der Waals surface area contributed by atoms with Gasteiger partial charge in [-0.15, -0.1) is 0 Å². The summed E-state index contributed by atoms with van der Waals surface area (Å²) in [5.41, 5.74) is 5.25. The first kappa shape index (κ1) is 21.8. The summed E-state index contributed by atoms with van der Waals surface area (Å²) in [5, 5.41) is 0.0204. The number of rotatable bonds is 3. The number of carbonyl (C=O) groups is 1.